The molecule has 6 rings (SSSR count). The maximum Gasteiger partial charge on any atom is 0.233 e. The molecule has 1 aromatic carbocycles. The lowest BCUT2D eigenvalue weighted by Crippen LogP contribution is -2.40. The van der Waals surface area contributed by atoms with Gasteiger partial charge in [-0.05, 0) is 70.6 Å². The van der Waals surface area contributed by atoms with Crippen molar-refractivity contribution in [1.29, 1.82) is 0 Å². The van der Waals surface area contributed by atoms with Crippen LogP contribution in [0.3, 0.4) is 0 Å². The summed E-state index contributed by atoms with van der Waals surface area (Å²) in [7, 11) is 0. The zero-order chi connectivity index (χ0) is 19.7. The van der Waals surface area contributed by atoms with Gasteiger partial charge in [-0.3, -0.25) is 19.3 Å². The van der Waals surface area contributed by atoms with Gasteiger partial charge in [-0.15, -0.1) is 0 Å². The number of amides is 3. The van der Waals surface area contributed by atoms with Gasteiger partial charge >= 0.3 is 0 Å². The Morgan fingerprint density at radius 1 is 1.18 bits per heavy atom. The average molecular weight is 464 g/mol. The average Bonchev–Trinajstić information content (AvgIpc) is 3.43. The molecule has 3 amide bonds. The minimum atomic E-state index is -0.235. The Morgan fingerprint density at radius 2 is 1.79 bits per heavy atom. The highest BCUT2D eigenvalue weighted by Crippen LogP contribution is 2.65. The standard InChI is InChI=1S/C21H20BrClN2O3/c1-9-6-14(22)15(23)8-16(9)24-17(26)4-5-25-20(27)18-10-2-3-11(13-7-12(10)13)19(18)21(25)28/h2-3,6,8,10-13,18-19H,4-5,7H2,1H3,(H,24,26)/t10-,11-,12-,13+,18+,19+/m0/s1. The first-order chi connectivity index (χ1) is 13.4. The highest BCUT2D eigenvalue weighted by molar-refractivity contribution is 9.10. The van der Waals surface area contributed by atoms with Gasteiger partial charge in [-0.2, -0.15) is 0 Å². The van der Waals surface area contributed by atoms with Crippen LogP contribution in [0.2, 0.25) is 5.02 Å². The van der Waals surface area contributed by atoms with E-state index >= 15 is 0 Å². The molecule has 146 valence electrons. The van der Waals surface area contributed by atoms with Crippen molar-refractivity contribution in [3.05, 3.63) is 39.3 Å². The number of imide groups is 1. The molecule has 5 nitrogen and oxygen atoms in total. The second-order valence-electron chi connectivity index (χ2n) is 8.36. The number of rotatable bonds is 4. The number of likely N-dealkylation sites (tertiary alicyclic amines) is 1. The largest absolute Gasteiger partial charge is 0.326 e. The Labute approximate surface area is 176 Å². The fourth-order valence-electron chi connectivity index (χ4n) is 5.45. The molecule has 28 heavy (non-hydrogen) atoms. The van der Waals surface area contributed by atoms with Crippen molar-refractivity contribution in [1.82, 2.24) is 4.90 Å². The molecule has 0 spiro atoms. The number of carbonyl (C=O) groups is 3. The van der Waals surface area contributed by atoms with E-state index in [1.807, 2.05) is 13.0 Å². The molecule has 2 bridgehead atoms. The van der Waals surface area contributed by atoms with E-state index in [0.717, 1.165) is 16.5 Å². The van der Waals surface area contributed by atoms with Crippen LogP contribution in [0.15, 0.2) is 28.8 Å². The molecule has 1 aliphatic heterocycles. The summed E-state index contributed by atoms with van der Waals surface area (Å²) in [5.74, 6) is 0.767. The van der Waals surface area contributed by atoms with Crippen LogP contribution in [0.4, 0.5) is 5.69 Å². The molecule has 0 radical (unpaired) electrons. The molecular formula is C21H20BrClN2O3. The molecule has 0 aromatic heterocycles. The van der Waals surface area contributed by atoms with Gasteiger partial charge in [0, 0.05) is 23.1 Å². The molecule has 2 saturated carbocycles. The summed E-state index contributed by atoms with van der Waals surface area (Å²) in [4.78, 5) is 39.6. The van der Waals surface area contributed by atoms with Crippen LogP contribution in [0.1, 0.15) is 18.4 Å². The smallest absolute Gasteiger partial charge is 0.233 e. The van der Waals surface area contributed by atoms with E-state index in [1.54, 1.807) is 6.07 Å². The third-order valence-electron chi connectivity index (χ3n) is 6.86. The second-order valence-corrected chi connectivity index (χ2v) is 9.62. The number of hydrogen-bond acceptors (Lipinski definition) is 3. The van der Waals surface area contributed by atoms with Gasteiger partial charge in [0.25, 0.3) is 0 Å². The molecule has 5 aliphatic rings. The maximum absolute atomic E-state index is 12.9. The van der Waals surface area contributed by atoms with E-state index < -0.39 is 0 Å². The molecule has 1 saturated heterocycles. The molecule has 1 aromatic rings. The van der Waals surface area contributed by atoms with Gasteiger partial charge < -0.3 is 5.32 Å². The lowest BCUT2D eigenvalue weighted by molar-refractivity contribution is -0.140. The van der Waals surface area contributed by atoms with Crippen molar-refractivity contribution in [3.63, 3.8) is 0 Å². The monoisotopic (exact) mass is 462 g/mol. The van der Waals surface area contributed by atoms with Gasteiger partial charge in [-0.1, -0.05) is 23.8 Å². The Kier molecular flexibility index (Phi) is 4.22. The first-order valence-corrected chi connectivity index (χ1v) is 10.8. The first kappa shape index (κ1) is 18.4. The van der Waals surface area contributed by atoms with E-state index in [0.29, 0.717) is 22.5 Å². The molecular weight excluding hydrogens is 444 g/mol. The van der Waals surface area contributed by atoms with Gasteiger partial charge in [0.05, 0.1) is 16.9 Å². The Morgan fingerprint density at radius 3 is 2.39 bits per heavy atom. The molecule has 4 aliphatic carbocycles. The Balaban J connectivity index is 1.25. The normalized spacial score (nSPS) is 34.5. The van der Waals surface area contributed by atoms with Crippen LogP contribution in [0, 0.1) is 42.4 Å². The highest BCUT2D eigenvalue weighted by Gasteiger charge is 2.66. The first-order valence-electron chi connectivity index (χ1n) is 9.66. The van der Waals surface area contributed by atoms with Crippen LogP contribution >= 0.6 is 27.5 Å². The quantitative estimate of drug-likeness (QED) is 0.546. The lowest BCUT2D eigenvalue weighted by Gasteiger charge is -2.37. The minimum Gasteiger partial charge on any atom is -0.326 e. The van der Waals surface area contributed by atoms with Crippen LogP contribution in [-0.4, -0.2) is 29.2 Å². The molecule has 6 atom stereocenters. The number of hydrogen-bond donors (Lipinski definition) is 1. The summed E-state index contributed by atoms with van der Waals surface area (Å²) in [6, 6.07) is 3.53. The zero-order valence-electron chi connectivity index (χ0n) is 15.3. The number of nitrogens with one attached hydrogen (secondary N) is 1. The third-order valence-corrected chi connectivity index (χ3v) is 8.06. The molecule has 7 heteroatoms. The minimum absolute atomic E-state index is 0.0830. The fraction of sp³-hybridized carbons (Fsp3) is 0.476. The number of aryl methyl sites for hydroxylation is 1. The van der Waals surface area contributed by atoms with Crippen molar-refractivity contribution in [2.24, 2.45) is 35.5 Å². The summed E-state index contributed by atoms with van der Waals surface area (Å²) in [5, 5.41) is 3.34. The Bertz CT molecular complexity index is 910. The predicted octanol–water partition coefficient (Wildman–Crippen LogP) is 3.79. The molecule has 0 unspecified atom stereocenters. The molecule has 3 fully saturated rings. The van der Waals surface area contributed by atoms with Crippen molar-refractivity contribution in [2.45, 2.75) is 19.8 Å². The Hall–Kier alpha value is -1.66. The van der Waals surface area contributed by atoms with Crippen LogP contribution < -0.4 is 5.32 Å². The number of anilines is 1. The molecule has 1 heterocycles. The third kappa shape index (κ3) is 2.68. The highest BCUT2D eigenvalue weighted by atomic mass is 79.9. The summed E-state index contributed by atoms with van der Waals surface area (Å²) >= 11 is 9.46. The van der Waals surface area contributed by atoms with Gasteiger partial charge in [-0.25, -0.2) is 0 Å². The summed E-state index contributed by atoms with van der Waals surface area (Å²) in [6.45, 7) is 2.01. The SMILES string of the molecule is Cc1cc(Br)c(Cl)cc1NC(=O)CCN1C(=O)[C@@H]2[C@H]3C=C[C@@H]([C@@H]4C[C@H]34)[C@H]2C1=O. The van der Waals surface area contributed by atoms with E-state index in [4.69, 9.17) is 11.6 Å². The van der Waals surface area contributed by atoms with E-state index in [1.165, 1.54) is 4.90 Å². The number of benzene rings is 1. The summed E-state index contributed by atoms with van der Waals surface area (Å²) in [6.07, 6.45) is 5.54. The summed E-state index contributed by atoms with van der Waals surface area (Å²) in [5.41, 5.74) is 1.51. The topological polar surface area (TPSA) is 66.5 Å². The fourth-order valence-corrected chi connectivity index (χ4v) is 6.07. The maximum atomic E-state index is 12.9. The van der Waals surface area contributed by atoms with E-state index in [-0.39, 0.29) is 54.4 Å². The van der Waals surface area contributed by atoms with Crippen LogP contribution in [-0.2, 0) is 14.4 Å². The molecule has 1 N–H and O–H groups in total. The van der Waals surface area contributed by atoms with Gasteiger partial charge in [0.2, 0.25) is 17.7 Å². The zero-order valence-corrected chi connectivity index (χ0v) is 17.7. The van der Waals surface area contributed by atoms with Crippen molar-refractivity contribution >= 4 is 50.9 Å². The number of halogens is 2. The number of carbonyl (C=O) groups excluding carboxylic acids is 3. The van der Waals surface area contributed by atoms with Gasteiger partial charge in [0.15, 0.2) is 0 Å². The van der Waals surface area contributed by atoms with Gasteiger partial charge in [0.1, 0.15) is 0 Å². The second kappa shape index (κ2) is 6.42. The number of nitrogens with zero attached hydrogens (tertiary/aromatic N) is 1. The predicted molar refractivity (Wildman–Crippen MR) is 109 cm³/mol. The van der Waals surface area contributed by atoms with Crippen LogP contribution in [0.25, 0.3) is 0 Å². The lowest BCUT2D eigenvalue weighted by atomic mass is 9.63. The van der Waals surface area contributed by atoms with Crippen molar-refractivity contribution < 1.29 is 14.4 Å². The van der Waals surface area contributed by atoms with Crippen molar-refractivity contribution in [3.8, 4) is 0 Å². The summed E-state index contributed by atoms with van der Waals surface area (Å²) < 4.78 is 0.766. The van der Waals surface area contributed by atoms with Crippen molar-refractivity contribution in [2.75, 3.05) is 11.9 Å². The van der Waals surface area contributed by atoms with E-state index in [2.05, 4.69) is 33.4 Å². The van der Waals surface area contributed by atoms with E-state index in [9.17, 15) is 14.4 Å². The van der Waals surface area contributed by atoms with Crippen LogP contribution in [0.5, 0.6) is 0 Å². The number of allylic oxidation sites excluding steroid dienone is 2.